The second-order valence-corrected chi connectivity index (χ2v) is 7.84. The molecule has 0 saturated carbocycles. The molecular formula is C23H25N5O4. The van der Waals surface area contributed by atoms with Crippen LogP contribution in [0.4, 0.5) is 11.8 Å². The van der Waals surface area contributed by atoms with Crippen molar-refractivity contribution < 1.29 is 18.7 Å². The molecule has 1 atom stereocenters. The summed E-state index contributed by atoms with van der Waals surface area (Å²) >= 11 is 0. The molecule has 3 heterocycles. The maximum absolute atomic E-state index is 13.0. The molecule has 0 radical (unpaired) electrons. The van der Waals surface area contributed by atoms with E-state index in [1.807, 2.05) is 4.90 Å². The van der Waals surface area contributed by atoms with E-state index in [4.69, 9.17) is 24.6 Å². The molecule has 32 heavy (non-hydrogen) atoms. The number of fused-ring (bicyclic) bond motifs is 2. The number of nitrogens with two attached hydrogens (primary N) is 1. The summed E-state index contributed by atoms with van der Waals surface area (Å²) in [4.78, 5) is 26.4. The lowest BCUT2D eigenvalue weighted by molar-refractivity contribution is 0.0639. The van der Waals surface area contributed by atoms with Gasteiger partial charge in [0, 0.05) is 30.2 Å². The van der Waals surface area contributed by atoms with Crippen molar-refractivity contribution in [2.24, 2.45) is 0 Å². The molecule has 5 rings (SSSR count). The molecule has 166 valence electrons. The van der Waals surface area contributed by atoms with E-state index in [1.165, 1.54) is 6.26 Å². The first-order valence-electron chi connectivity index (χ1n) is 10.6. The van der Waals surface area contributed by atoms with E-state index in [-0.39, 0.29) is 11.9 Å². The van der Waals surface area contributed by atoms with Crippen molar-refractivity contribution in [3.63, 3.8) is 0 Å². The molecule has 9 nitrogen and oxygen atoms in total. The van der Waals surface area contributed by atoms with Gasteiger partial charge in [-0.15, -0.1) is 0 Å². The fourth-order valence-corrected chi connectivity index (χ4v) is 4.53. The Labute approximate surface area is 185 Å². The predicted octanol–water partition coefficient (Wildman–Crippen LogP) is 3.22. The largest absolute Gasteiger partial charge is 0.493 e. The van der Waals surface area contributed by atoms with Crippen molar-refractivity contribution in [2.45, 2.75) is 25.3 Å². The van der Waals surface area contributed by atoms with Gasteiger partial charge < -0.3 is 29.4 Å². The Kier molecular flexibility index (Phi) is 5.08. The van der Waals surface area contributed by atoms with Crippen LogP contribution in [-0.2, 0) is 0 Å². The minimum Gasteiger partial charge on any atom is -0.493 e. The SMILES string of the molecule is COc1cc2nc(N3CCN(C(=O)c4ccco4)[C@@H]4CCCC=C43)nc(N)c2cc1OC. The van der Waals surface area contributed by atoms with Crippen LogP contribution in [0.15, 0.2) is 46.7 Å². The number of furan rings is 1. The molecule has 2 aromatic heterocycles. The predicted molar refractivity (Wildman–Crippen MR) is 120 cm³/mol. The lowest BCUT2D eigenvalue weighted by Crippen LogP contribution is -2.54. The maximum atomic E-state index is 13.0. The quantitative estimate of drug-likeness (QED) is 0.666. The number of benzene rings is 1. The summed E-state index contributed by atoms with van der Waals surface area (Å²) < 4.78 is 16.2. The Balaban J connectivity index is 1.52. The number of hydrogen-bond acceptors (Lipinski definition) is 8. The first-order chi connectivity index (χ1) is 15.6. The van der Waals surface area contributed by atoms with Gasteiger partial charge in [-0.05, 0) is 37.5 Å². The highest BCUT2D eigenvalue weighted by Crippen LogP contribution is 2.37. The van der Waals surface area contributed by atoms with Crippen LogP contribution in [0.3, 0.4) is 0 Å². The standard InChI is InChI=1S/C23H25N5O4/c1-30-19-12-14-15(13-20(19)31-2)25-23(26-21(14)24)28-10-9-27(16-6-3-4-7-17(16)28)22(29)18-8-5-11-32-18/h5,7-8,11-13,16H,3-4,6,9-10H2,1-2H3,(H2,24,25,26)/t16-/m1/s1. The number of amides is 1. The number of hydrogen-bond donors (Lipinski definition) is 1. The van der Waals surface area contributed by atoms with Gasteiger partial charge in [0.1, 0.15) is 5.82 Å². The number of carbonyl (C=O) groups is 1. The van der Waals surface area contributed by atoms with Gasteiger partial charge in [-0.25, -0.2) is 4.98 Å². The Hall–Kier alpha value is -3.75. The van der Waals surface area contributed by atoms with Crippen LogP contribution >= 0.6 is 0 Å². The number of carbonyl (C=O) groups excluding carboxylic acids is 1. The molecular weight excluding hydrogens is 410 g/mol. The fraction of sp³-hybridized carbons (Fsp3) is 0.348. The third-order valence-electron chi connectivity index (χ3n) is 6.08. The second-order valence-electron chi connectivity index (χ2n) is 7.84. The average Bonchev–Trinajstić information content (AvgIpc) is 3.37. The number of allylic oxidation sites excluding steroid dienone is 1. The Morgan fingerprint density at radius 2 is 2.00 bits per heavy atom. The molecule has 2 aliphatic rings. The van der Waals surface area contributed by atoms with Gasteiger partial charge in [0.25, 0.3) is 5.91 Å². The summed E-state index contributed by atoms with van der Waals surface area (Å²) in [6, 6.07) is 6.97. The highest BCUT2D eigenvalue weighted by Gasteiger charge is 2.38. The zero-order valence-electron chi connectivity index (χ0n) is 18.1. The highest BCUT2D eigenvalue weighted by atomic mass is 16.5. The van der Waals surface area contributed by atoms with Crippen molar-refractivity contribution >= 4 is 28.6 Å². The number of aromatic nitrogens is 2. The molecule has 1 amide bonds. The van der Waals surface area contributed by atoms with E-state index in [0.29, 0.717) is 53.0 Å². The van der Waals surface area contributed by atoms with Gasteiger partial charge in [0.2, 0.25) is 5.95 Å². The van der Waals surface area contributed by atoms with Crippen LogP contribution in [0, 0.1) is 0 Å². The minimum atomic E-state index is -0.0942. The maximum Gasteiger partial charge on any atom is 0.290 e. The Morgan fingerprint density at radius 3 is 2.75 bits per heavy atom. The number of nitrogen functional groups attached to an aromatic ring is 1. The lowest BCUT2D eigenvalue weighted by Gasteiger charge is -2.44. The summed E-state index contributed by atoms with van der Waals surface area (Å²) in [5.41, 5.74) is 8.02. The van der Waals surface area contributed by atoms with E-state index in [0.717, 1.165) is 25.0 Å². The van der Waals surface area contributed by atoms with Gasteiger partial charge in [-0.3, -0.25) is 4.79 Å². The number of nitrogens with zero attached hydrogens (tertiary/aromatic N) is 4. The highest BCUT2D eigenvalue weighted by molar-refractivity contribution is 5.93. The zero-order valence-corrected chi connectivity index (χ0v) is 18.1. The van der Waals surface area contributed by atoms with Crippen molar-refractivity contribution in [1.29, 1.82) is 0 Å². The molecule has 1 aliphatic heterocycles. The molecule has 1 fully saturated rings. The van der Waals surface area contributed by atoms with Gasteiger partial charge in [-0.2, -0.15) is 4.98 Å². The lowest BCUT2D eigenvalue weighted by atomic mass is 9.94. The summed E-state index contributed by atoms with van der Waals surface area (Å²) in [7, 11) is 3.16. The molecule has 1 aromatic carbocycles. The minimum absolute atomic E-state index is 0.0546. The fourth-order valence-electron chi connectivity index (χ4n) is 4.53. The van der Waals surface area contributed by atoms with Crippen LogP contribution in [0.1, 0.15) is 29.8 Å². The van der Waals surface area contributed by atoms with Crippen LogP contribution in [-0.4, -0.2) is 54.1 Å². The molecule has 3 aromatic rings. The van der Waals surface area contributed by atoms with Crippen molar-refractivity contribution in [3.05, 3.63) is 48.1 Å². The van der Waals surface area contributed by atoms with Crippen LogP contribution < -0.4 is 20.1 Å². The number of rotatable bonds is 4. The summed E-state index contributed by atoms with van der Waals surface area (Å²) in [5.74, 6) is 2.30. The third kappa shape index (κ3) is 3.30. The van der Waals surface area contributed by atoms with Crippen molar-refractivity contribution in [1.82, 2.24) is 14.9 Å². The molecule has 0 spiro atoms. The van der Waals surface area contributed by atoms with Crippen molar-refractivity contribution in [2.75, 3.05) is 37.9 Å². The smallest absolute Gasteiger partial charge is 0.290 e. The average molecular weight is 435 g/mol. The molecule has 0 unspecified atom stereocenters. The third-order valence-corrected chi connectivity index (χ3v) is 6.08. The number of methoxy groups -OCH3 is 2. The van der Waals surface area contributed by atoms with Crippen LogP contribution in [0.2, 0.25) is 0 Å². The van der Waals surface area contributed by atoms with E-state index < -0.39 is 0 Å². The molecule has 9 heteroatoms. The molecule has 1 saturated heterocycles. The zero-order chi connectivity index (χ0) is 22.2. The van der Waals surface area contributed by atoms with Crippen LogP contribution in [0.25, 0.3) is 10.9 Å². The van der Waals surface area contributed by atoms with Crippen LogP contribution in [0.5, 0.6) is 11.5 Å². The monoisotopic (exact) mass is 435 g/mol. The van der Waals surface area contributed by atoms with Gasteiger partial charge in [0.15, 0.2) is 17.3 Å². The van der Waals surface area contributed by atoms with E-state index >= 15 is 0 Å². The first kappa shape index (κ1) is 20.2. The molecule has 2 N–H and O–H groups in total. The summed E-state index contributed by atoms with van der Waals surface area (Å²) in [6.07, 6.45) is 6.54. The van der Waals surface area contributed by atoms with Gasteiger partial charge in [0.05, 0.1) is 32.0 Å². The Bertz CT molecular complexity index is 1190. The van der Waals surface area contributed by atoms with Gasteiger partial charge in [-0.1, -0.05) is 6.08 Å². The Morgan fingerprint density at radius 1 is 1.19 bits per heavy atom. The second kappa shape index (κ2) is 8.07. The first-order valence-corrected chi connectivity index (χ1v) is 10.6. The topological polar surface area (TPSA) is 107 Å². The van der Waals surface area contributed by atoms with E-state index in [1.54, 1.807) is 38.5 Å². The molecule has 1 aliphatic carbocycles. The number of piperazine rings is 1. The molecule has 0 bridgehead atoms. The van der Waals surface area contributed by atoms with Crippen molar-refractivity contribution in [3.8, 4) is 11.5 Å². The summed E-state index contributed by atoms with van der Waals surface area (Å²) in [5, 5.41) is 0.701. The number of ether oxygens (including phenoxy) is 2. The normalized spacial score (nSPS) is 18.3. The van der Waals surface area contributed by atoms with E-state index in [9.17, 15) is 4.79 Å². The summed E-state index contributed by atoms with van der Waals surface area (Å²) in [6.45, 7) is 1.10. The number of anilines is 2. The van der Waals surface area contributed by atoms with Gasteiger partial charge >= 0.3 is 0 Å². The van der Waals surface area contributed by atoms with E-state index in [2.05, 4.69) is 16.0 Å².